The van der Waals surface area contributed by atoms with Gasteiger partial charge in [0.25, 0.3) is 0 Å². The molecule has 0 aliphatic carbocycles. The van der Waals surface area contributed by atoms with Crippen LogP contribution in [0.25, 0.3) is 11.3 Å². The summed E-state index contributed by atoms with van der Waals surface area (Å²) in [5.74, 6) is 0.864. The Kier molecular flexibility index (Phi) is 4.85. The number of nitrogens with one attached hydrogen (secondary N) is 1. The van der Waals surface area contributed by atoms with Crippen molar-refractivity contribution >= 4 is 23.4 Å². The smallest absolute Gasteiger partial charge is 0.242 e. The molecule has 0 saturated carbocycles. The summed E-state index contributed by atoms with van der Waals surface area (Å²) < 4.78 is 5.69. The van der Waals surface area contributed by atoms with Crippen molar-refractivity contribution in [2.75, 3.05) is 13.1 Å². The third kappa shape index (κ3) is 3.43. The van der Waals surface area contributed by atoms with Crippen LogP contribution in [0.15, 0.2) is 34.9 Å². The van der Waals surface area contributed by atoms with Gasteiger partial charge in [-0.3, -0.25) is 9.59 Å². The molecule has 0 bridgehead atoms. The fraction of sp³-hybridized carbons (Fsp3) is 0.353. The van der Waals surface area contributed by atoms with Crippen LogP contribution in [0, 0.1) is 0 Å². The van der Waals surface area contributed by atoms with E-state index in [2.05, 4.69) is 10.3 Å². The molecule has 1 unspecified atom stereocenters. The normalized spacial score (nSPS) is 17.7. The number of amides is 2. The molecule has 126 valence electrons. The van der Waals surface area contributed by atoms with Crippen molar-refractivity contribution in [1.29, 1.82) is 0 Å². The van der Waals surface area contributed by atoms with Crippen LogP contribution in [0.4, 0.5) is 0 Å². The predicted molar refractivity (Wildman–Crippen MR) is 89.5 cm³/mol. The van der Waals surface area contributed by atoms with Gasteiger partial charge in [0.1, 0.15) is 6.04 Å². The van der Waals surface area contributed by atoms with E-state index in [-0.39, 0.29) is 18.2 Å². The highest BCUT2D eigenvalue weighted by atomic mass is 35.5. The first-order valence-corrected chi connectivity index (χ1v) is 8.21. The van der Waals surface area contributed by atoms with Crippen LogP contribution in [-0.2, 0) is 16.0 Å². The summed E-state index contributed by atoms with van der Waals surface area (Å²) in [6.45, 7) is 2.75. The Balaban J connectivity index is 1.62. The summed E-state index contributed by atoms with van der Waals surface area (Å²) in [5, 5.41) is 3.33. The van der Waals surface area contributed by atoms with E-state index in [1.54, 1.807) is 24.1 Å². The molecule has 1 aromatic carbocycles. The molecule has 0 spiro atoms. The van der Waals surface area contributed by atoms with Crippen molar-refractivity contribution in [1.82, 2.24) is 15.2 Å². The molecule has 7 heteroatoms. The summed E-state index contributed by atoms with van der Waals surface area (Å²) in [5.41, 5.74) is 0.769. The predicted octanol–water partition coefficient (Wildman–Crippen LogP) is 2.27. The Bertz CT molecular complexity index is 759. The molecule has 2 heterocycles. The highest BCUT2D eigenvalue weighted by molar-refractivity contribution is 6.33. The molecule has 3 rings (SSSR count). The number of hydrogen-bond acceptors (Lipinski definition) is 4. The third-order valence-electron chi connectivity index (χ3n) is 4.06. The molecule has 2 aromatic rings. The first-order chi connectivity index (χ1) is 11.6. The third-order valence-corrected chi connectivity index (χ3v) is 4.39. The Labute approximate surface area is 144 Å². The Morgan fingerprint density at radius 3 is 3.04 bits per heavy atom. The lowest BCUT2D eigenvalue weighted by Crippen LogP contribution is -2.55. The number of oxazole rings is 1. The van der Waals surface area contributed by atoms with E-state index in [0.717, 1.165) is 5.56 Å². The molecule has 1 saturated heterocycles. The first-order valence-electron chi connectivity index (χ1n) is 7.83. The van der Waals surface area contributed by atoms with Gasteiger partial charge in [-0.05, 0) is 19.1 Å². The molecular formula is C17H18ClN3O3. The van der Waals surface area contributed by atoms with Crippen LogP contribution in [0.3, 0.4) is 0 Å². The van der Waals surface area contributed by atoms with E-state index < -0.39 is 6.04 Å². The second-order valence-corrected chi connectivity index (χ2v) is 6.06. The van der Waals surface area contributed by atoms with Gasteiger partial charge in [0, 0.05) is 31.5 Å². The molecule has 1 fully saturated rings. The number of halogens is 1. The van der Waals surface area contributed by atoms with Gasteiger partial charge in [-0.1, -0.05) is 23.7 Å². The van der Waals surface area contributed by atoms with Gasteiger partial charge in [-0.2, -0.15) is 0 Å². The van der Waals surface area contributed by atoms with Crippen LogP contribution in [-0.4, -0.2) is 40.8 Å². The van der Waals surface area contributed by atoms with E-state index in [1.165, 1.54) is 0 Å². The number of aromatic nitrogens is 1. The summed E-state index contributed by atoms with van der Waals surface area (Å²) in [4.78, 5) is 29.7. The molecule has 0 radical (unpaired) electrons. The lowest BCUT2D eigenvalue weighted by atomic mass is 10.1. The maximum Gasteiger partial charge on any atom is 0.242 e. The maximum atomic E-state index is 12.3. The van der Waals surface area contributed by atoms with Crippen molar-refractivity contribution in [2.24, 2.45) is 0 Å². The van der Waals surface area contributed by atoms with Crippen LogP contribution in [0.1, 0.15) is 19.2 Å². The highest BCUT2D eigenvalue weighted by Crippen LogP contribution is 2.28. The molecule has 1 aromatic heterocycles. The van der Waals surface area contributed by atoms with Gasteiger partial charge < -0.3 is 14.6 Å². The van der Waals surface area contributed by atoms with E-state index >= 15 is 0 Å². The van der Waals surface area contributed by atoms with Crippen LogP contribution in [0.5, 0.6) is 0 Å². The Hall–Kier alpha value is -2.34. The number of hydrogen-bond donors (Lipinski definition) is 1. The summed E-state index contributed by atoms with van der Waals surface area (Å²) in [7, 11) is 0. The van der Waals surface area contributed by atoms with Gasteiger partial charge >= 0.3 is 0 Å². The molecule has 1 aliphatic rings. The molecule has 1 aliphatic heterocycles. The number of aryl methyl sites for hydroxylation is 1. The van der Waals surface area contributed by atoms with Crippen LogP contribution >= 0.6 is 11.6 Å². The lowest BCUT2D eigenvalue weighted by Gasteiger charge is -2.32. The minimum atomic E-state index is -0.436. The van der Waals surface area contributed by atoms with Crippen molar-refractivity contribution in [2.45, 2.75) is 25.8 Å². The number of rotatable bonds is 4. The summed E-state index contributed by atoms with van der Waals surface area (Å²) in [6.07, 6.45) is 2.24. The monoisotopic (exact) mass is 347 g/mol. The lowest BCUT2D eigenvalue weighted by molar-refractivity contribution is -0.142. The zero-order valence-corrected chi connectivity index (χ0v) is 14.0. The van der Waals surface area contributed by atoms with E-state index in [9.17, 15) is 9.59 Å². The van der Waals surface area contributed by atoms with Gasteiger partial charge in [-0.15, -0.1) is 0 Å². The van der Waals surface area contributed by atoms with Gasteiger partial charge in [0.05, 0.1) is 11.2 Å². The quantitative estimate of drug-likeness (QED) is 0.920. The molecule has 2 amide bonds. The van der Waals surface area contributed by atoms with Crippen molar-refractivity contribution in [3.8, 4) is 11.3 Å². The Morgan fingerprint density at radius 2 is 2.25 bits per heavy atom. The minimum Gasteiger partial charge on any atom is -0.441 e. The van der Waals surface area contributed by atoms with Crippen molar-refractivity contribution in [3.63, 3.8) is 0 Å². The largest absolute Gasteiger partial charge is 0.441 e. The molecule has 1 N–H and O–H groups in total. The fourth-order valence-electron chi connectivity index (χ4n) is 2.69. The molecule has 24 heavy (non-hydrogen) atoms. The molecule has 1 atom stereocenters. The summed E-state index contributed by atoms with van der Waals surface area (Å²) in [6, 6.07) is 6.92. The number of carbonyl (C=O) groups excluding carboxylic acids is 2. The first kappa shape index (κ1) is 16.5. The second kappa shape index (κ2) is 7.05. The fourth-order valence-corrected chi connectivity index (χ4v) is 2.92. The van der Waals surface area contributed by atoms with Crippen LogP contribution < -0.4 is 5.32 Å². The van der Waals surface area contributed by atoms with Gasteiger partial charge in [0.15, 0.2) is 11.7 Å². The zero-order chi connectivity index (χ0) is 17.1. The minimum absolute atomic E-state index is 0.0742. The topological polar surface area (TPSA) is 75.4 Å². The molecular weight excluding hydrogens is 330 g/mol. The van der Waals surface area contributed by atoms with Crippen molar-refractivity contribution in [3.05, 3.63) is 41.4 Å². The highest BCUT2D eigenvalue weighted by Gasteiger charge is 2.29. The maximum absolute atomic E-state index is 12.3. The molecule has 6 nitrogen and oxygen atoms in total. The van der Waals surface area contributed by atoms with E-state index in [0.29, 0.717) is 36.2 Å². The van der Waals surface area contributed by atoms with Crippen molar-refractivity contribution < 1.29 is 14.0 Å². The van der Waals surface area contributed by atoms with Crippen LogP contribution in [0.2, 0.25) is 5.02 Å². The van der Waals surface area contributed by atoms with Gasteiger partial charge in [0.2, 0.25) is 11.8 Å². The average Bonchev–Trinajstić information content (AvgIpc) is 3.04. The summed E-state index contributed by atoms with van der Waals surface area (Å²) >= 11 is 6.14. The van der Waals surface area contributed by atoms with E-state index in [1.807, 2.05) is 18.2 Å². The Morgan fingerprint density at radius 1 is 1.46 bits per heavy atom. The second-order valence-electron chi connectivity index (χ2n) is 5.65. The zero-order valence-electron chi connectivity index (χ0n) is 13.3. The van der Waals surface area contributed by atoms with E-state index in [4.69, 9.17) is 16.0 Å². The number of piperazine rings is 1. The SMILES string of the molecule is CC1C(=O)NCCN1C(=O)CCc1ncc(-c2ccccc2Cl)o1. The number of nitrogens with zero attached hydrogens (tertiary/aromatic N) is 2. The van der Waals surface area contributed by atoms with Gasteiger partial charge in [-0.25, -0.2) is 4.98 Å². The standard InChI is InChI=1S/C17H18ClN3O3/c1-11-17(23)19-8-9-21(11)16(22)7-6-15-20-10-14(24-15)12-4-2-3-5-13(12)18/h2-5,10-11H,6-9H2,1H3,(H,19,23). The number of carbonyl (C=O) groups is 2. The number of benzene rings is 1. The average molecular weight is 348 g/mol.